The summed E-state index contributed by atoms with van der Waals surface area (Å²) in [7, 11) is 4.07. The molecule has 0 aliphatic heterocycles. The lowest BCUT2D eigenvalue weighted by Crippen LogP contribution is -2.59. The minimum Gasteiger partial charge on any atom is -0.468 e. The second kappa shape index (κ2) is 25.0. The van der Waals surface area contributed by atoms with E-state index in [1.54, 1.807) is 20.8 Å². The van der Waals surface area contributed by atoms with Gasteiger partial charge in [0.25, 0.3) is 0 Å². The van der Waals surface area contributed by atoms with Crippen molar-refractivity contribution in [3.8, 4) is 0 Å². The highest BCUT2D eigenvalue weighted by Gasteiger charge is 2.35. The molecule has 0 atom stereocenters. The van der Waals surface area contributed by atoms with Crippen LogP contribution in [0.5, 0.6) is 0 Å². The number of carbonyl (C=O) groups excluding carboxylic acids is 4. The van der Waals surface area contributed by atoms with Crippen LogP contribution in [0.3, 0.4) is 0 Å². The maximum Gasteiger partial charge on any atom is 0.408 e. The van der Waals surface area contributed by atoms with Crippen LogP contribution in [-0.4, -0.2) is 131 Å². The molecule has 0 saturated heterocycles. The number of methoxy groups -OCH3 is 3. The van der Waals surface area contributed by atoms with Crippen LogP contribution in [-0.2, 0) is 47.5 Å². The van der Waals surface area contributed by atoms with Crippen LogP contribution in [0.4, 0.5) is 4.79 Å². The first-order valence-corrected chi connectivity index (χ1v) is 17.1. The monoisotopic (exact) mass is 659 g/mol. The molecule has 0 rings (SSSR count). The quantitative estimate of drug-likeness (QED) is 0.0870. The van der Waals surface area contributed by atoms with Gasteiger partial charge >= 0.3 is 24.0 Å². The second-order valence-electron chi connectivity index (χ2n) is 10.0. The Morgan fingerprint density at radius 1 is 0.595 bits per heavy atom. The molecule has 1 N–H and O–H groups in total. The van der Waals surface area contributed by atoms with Crippen molar-refractivity contribution in [2.45, 2.75) is 51.2 Å². The molecule has 0 aromatic heterocycles. The first-order valence-electron chi connectivity index (χ1n) is 13.6. The molecule has 42 heavy (non-hydrogen) atoms. The number of nitrogens with one attached hydrogen (secondary N) is 1. The fraction of sp³-hybridized carbons (Fsp3) is 0.852. The van der Waals surface area contributed by atoms with Crippen molar-refractivity contribution in [2.75, 3.05) is 95.5 Å². The summed E-state index contributed by atoms with van der Waals surface area (Å²) in [5.74, 6) is 2.13. The van der Waals surface area contributed by atoms with Gasteiger partial charge in [0.15, 0.2) is 0 Å². The van der Waals surface area contributed by atoms with Crippen LogP contribution in [0.25, 0.3) is 0 Å². The smallest absolute Gasteiger partial charge is 0.408 e. The number of hydrogen-bond donors (Lipinski definition) is 1. The minimum atomic E-state index is -1.03. The van der Waals surface area contributed by atoms with Crippen LogP contribution in [0.15, 0.2) is 0 Å². The molecule has 1 amide bonds. The van der Waals surface area contributed by atoms with Crippen molar-refractivity contribution >= 4 is 59.3 Å². The standard InChI is InChI=1S/C27H49NO11S3/c1-26(2,3)39-25(32)28-27(19-36-10-7-13-40-16-22(29)33-4,20-37-11-8-14-41-17-23(30)34-5)21-38-12-9-15-42-18-24(31)35-6/h7-21H2,1-6H3,(H,28,32). The fourth-order valence-corrected chi connectivity index (χ4v) is 5.24. The number of hydrogen-bond acceptors (Lipinski definition) is 14. The van der Waals surface area contributed by atoms with E-state index in [2.05, 4.69) is 19.5 Å². The van der Waals surface area contributed by atoms with Gasteiger partial charge in [0.05, 0.1) is 58.4 Å². The van der Waals surface area contributed by atoms with Gasteiger partial charge in [-0.3, -0.25) is 14.4 Å². The van der Waals surface area contributed by atoms with Gasteiger partial charge in [0.2, 0.25) is 0 Å². The van der Waals surface area contributed by atoms with E-state index in [9.17, 15) is 19.2 Å². The van der Waals surface area contributed by atoms with Gasteiger partial charge in [-0.2, -0.15) is 35.3 Å². The van der Waals surface area contributed by atoms with Crippen LogP contribution >= 0.6 is 35.3 Å². The van der Waals surface area contributed by atoms with Gasteiger partial charge in [-0.15, -0.1) is 0 Å². The fourth-order valence-electron chi connectivity index (χ4n) is 2.99. The largest absolute Gasteiger partial charge is 0.468 e. The highest BCUT2D eigenvalue weighted by atomic mass is 32.2. The van der Waals surface area contributed by atoms with E-state index in [4.69, 9.17) is 18.9 Å². The minimum absolute atomic E-state index is 0.113. The third-order valence-electron chi connectivity index (χ3n) is 4.98. The predicted molar refractivity (Wildman–Crippen MR) is 166 cm³/mol. The molecule has 0 bridgehead atoms. The lowest BCUT2D eigenvalue weighted by atomic mass is 10.0. The Hall–Kier alpha value is -1.39. The Bertz CT molecular complexity index is 692. The summed E-state index contributed by atoms with van der Waals surface area (Å²) in [6, 6.07) is 0. The van der Waals surface area contributed by atoms with Gasteiger partial charge in [-0.05, 0) is 57.3 Å². The molecule has 0 saturated carbocycles. The summed E-state index contributed by atoms with van der Waals surface area (Å²) in [6.45, 7) is 6.89. The molecule has 0 fully saturated rings. The predicted octanol–water partition coefficient (Wildman–Crippen LogP) is 3.19. The average Bonchev–Trinajstić information content (AvgIpc) is 2.93. The number of alkyl carbamates (subject to hydrolysis) is 1. The van der Waals surface area contributed by atoms with Crippen molar-refractivity contribution < 1.29 is 52.3 Å². The SMILES string of the molecule is COC(=O)CSCCCOCC(COCCCSCC(=O)OC)(COCCCSCC(=O)OC)NC(=O)OC(C)(C)C. The number of thioether (sulfide) groups is 3. The maximum absolute atomic E-state index is 12.8. The van der Waals surface area contributed by atoms with Crippen LogP contribution in [0.1, 0.15) is 40.0 Å². The molecule has 0 spiro atoms. The lowest BCUT2D eigenvalue weighted by molar-refractivity contribution is -0.138. The topological polar surface area (TPSA) is 145 Å². The molecule has 0 aromatic carbocycles. The zero-order valence-electron chi connectivity index (χ0n) is 25.8. The highest BCUT2D eigenvalue weighted by Crippen LogP contribution is 2.15. The average molecular weight is 660 g/mol. The van der Waals surface area contributed by atoms with E-state index >= 15 is 0 Å². The first-order chi connectivity index (χ1) is 20.0. The molecule has 12 nitrogen and oxygen atoms in total. The van der Waals surface area contributed by atoms with Crippen molar-refractivity contribution in [3.05, 3.63) is 0 Å². The van der Waals surface area contributed by atoms with E-state index in [1.165, 1.54) is 56.6 Å². The van der Waals surface area contributed by atoms with Crippen LogP contribution < -0.4 is 5.32 Å². The third kappa shape index (κ3) is 24.1. The Balaban J connectivity index is 5.14. The van der Waals surface area contributed by atoms with Crippen LogP contribution in [0.2, 0.25) is 0 Å². The molecule has 0 radical (unpaired) electrons. The molecular formula is C27H49NO11S3. The number of carbonyl (C=O) groups is 4. The first kappa shape index (κ1) is 40.6. The summed E-state index contributed by atoms with van der Waals surface area (Å²) in [5.41, 5.74) is -1.73. The zero-order valence-corrected chi connectivity index (χ0v) is 28.3. The zero-order chi connectivity index (χ0) is 31.7. The Kier molecular flexibility index (Phi) is 24.2. The van der Waals surface area contributed by atoms with E-state index < -0.39 is 17.2 Å². The summed E-state index contributed by atoms with van der Waals surface area (Å²) in [5, 5.41) is 2.93. The van der Waals surface area contributed by atoms with E-state index in [1.807, 2.05) is 0 Å². The van der Waals surface area contributed by atoms with Gasteiger partial charge in [0.1, 0.15) is 11.1 Å². The second-order valence-corrected chi connectivity index (χ2v) is 13.3. The molecule has 246 valence electrons. The maximum atomic E-state index is 12.8. The lowest BCUT2D eigenvalue weighted by Gasteiger charge is -2.35. The van der Waals surface area contributed by atoms with E-state index in [0.717, 1.165) is 0 Å². The number of rotatable bonds is 25. The molecule has 0 aliphatic rings. The normalized spacial score (nSPS) is 11.6. The van der Waals surface area contributed by atoms with Gasteiger partial charge in [-0.1, -0.05) is 0 Å². The number of ether oxygens (including phenoxy) is 7. The van der Waals surface area contributed by atoms with Crippen molar-refractivity contribution in [2.24, 2.45) is 0 Å². The molecular weight excluding hydrogens is 610 g/mol. The summed E-state index contributed by atoms with van der Waals surface area (Å²) < 4.78 is 37.3. The Morgan fingerprint density at radius 2 is 0.929 bits per heavy atom. The van der Waals surface area contributed by atoms with E-state index in [0.29, 0.717) is 56.3 Å². The number of amides is 1. The highest BCUT2D eigenvalue weighted by molar-refractivity contribution is 8.00. The summed E-state index contributed by atoms with van der Waals surface area (Å²) >= 11 is 4.37. The molecule has 0 aromatic rings. The number of esters is 3. The Labute approximate surface area is 263 Å². The van der Waals surface area contributed by atoms with Crippen molar-refractivity contribution in [1.29, 1.82) is 0 Å². The van der Waals surface area contributed by atoms with Crippen LogP contribution in [0, 0.1) is 0 Å². The van der Waals surface area contributed by atoms with Crippen molar-refractivity contribution in [1.82, 2.24) is 5.32 Å². The molecule has 15 heteroatoms. The molecule has 0 aliphatic carbocycles. The van der Waals surface area contributed by atoms with E-state index in [-0.39, 0.29) is 55.0 Å². The molecule has 0 heterocycles. The van der Waals surface area contributed by atoms with Gasteiger partial charge in [0, 0.05) is 19.8 Å². The third-order valence-corrected chi connectivity index (χ3v) is 8.03. The van der Waals surface area contributed by atoms with Crippen molar-refractivity contribution in [3.63, 3.8) is 0 Å². The summed E-state index contributed by atoms with van der Waals surface area (Å²) in [6.07, 6.45) is 1.47. The van der Waals surface area contributed by atoms with Gasteiger partial charge in [-0.25, -0.2) is 4.79 Å². The van der Waals surface area contributed by atoms with Gasteiger partial charge < -0.3 is 38.5 Å². The molecule has 0 unspecified atom stereocenters. The Morgan fingerprint density at radius 3 is 1.21 bits per heavy atom. The summed E-state index contributed by atoms with van der Waals surface area (Å²) in [4.78, 5) is 46.7.